The number of carbonyl (C=O) groups is 3. The first kappa shape index (κ1) is 66.3. The van der Waals surface area contributed by atoms with Crippen molar-refractivity contribution in [2.45, 2.75) is 248 Å². The van der Waals surface area contributed by atoms with Gasteiger partial charge < -0.3 is 90.3 Å². The van der Waals surface area contributed by atoms with E-state index in [0.717, 1.165) is 83.5 Å². The number of aliphatic hydroxyl groups excluding tert-OH is 9. The molecule has 3 fully saturated rings. The molecule has 15 atom stereocenters. The molecule has 74 heavy (non-hydrogen) atoms. The van der Waals surface area contributed by atoms with Crippen LogP contribution in [0.4, 0.5) is 0 Å². The SMILES string of the molecule is CC(C)NC(CCC(=O)CCCCCCCO[C@@H]1OC(CO)[C@H](O)C(O)[C@@H]1C)(CCC(=O)NCCCCCCO[C@@H]1OC(CO)[C@H](O)C(O)[C@@H]1C)CCC(=O)NCCCCCCO[C@@H]1OC(CO)[C@H](O)C(O)[C@@H]1C. The molecule has 3 rings (SSSR count). The maximum absolute atomic E-state index is 13.4. The largest absolute Gasteiger partial charge is 0.394 e. The van der Waals surface area contributed by atoms with Gasteiger partial charge in [-0.15, -0.1) is 0 Å². The third-order valence-electron chi connectivity index (χ3n) is 14.9. The molecule has 434 valence electrons. The molecular weight excluding hydrogens is 967 g/mol. The fourth-order valence-corrected chi connectivity index (χ4v) is 9.99. The fourth-order valence-electron chi connectivity index (χ4n) is 9.99. The van der Waals surface area contributed by atoms with E-state index in [1.807, 2.05) is 13.8 Å². The molecule has 0 spiro atoms. The summed E-state index contributed by atoms with van der Waals surface area (Å²) in [4.78, 5) is 39.9. The van der Waals surface area contributed by atoms with Gasteiger partial charge >= 0.3 is 0 Å². The second kappa shape index (κ2) is 36.2. The number of carbonyl (C=O) groups excluding carboxylic acids is 3. The molecule has 2 amide bonds. The van der Waals surface area contributed by atoms with Gasteiger partial charge in [0.2, 0.25) is 11.8 Å². The van der Waals surface area contributed by atoms with Gasteiger partial charge in [-0.2, -0.15) is 0 Å². The van der Waals surface area contributed by atoms with Gasteiger partial charge in [0.05, 0.1) is 38.1 Å². The molecule has 0 aromatic rings. The van der Waals surface area contributed by atoms with E-state index in [2.05, 4.69) is 16.0 Å². The summed E-state index contributed by atoms with van der Waals surface area (Å²) in [6, 6.07) is 0.0233. The van der Waals surface area contributed by atoms with Crippen LogP contribution in [0.25, 0.3) is 0 Å². The summed E-state index contributed by atoms with van der Waals surface area (Å²) in [5.41, 5.74) is -0.640. The van der Waals surface area contributed by atoms with Gasteiger partial charge in [-0.25, -0.2) is 0 Å². The highest BCUT2D eigenvalue weighted by molar-refractivity contribution is 5.79. The molecule has 3 saturated heterocycles. The first-order valence-electron chi connectivity index (χ1n) is 27.9. The monoisotopic (exact) mass is 1070 g/mol. The van der Waals surface area contributed by atoms with Crippen molar-refractivity contribution in [1.29, 1.82) is 0 Å². The Morgan fingerprint density at radius 3 is 1.14 bits per heavy atom. The van der Waals surface area contributed by atoms with Crippen LogP contribution in [0, 0.1) is 17.8 Å². The highest BCUT2D eigenvalue weighted by atomic mass is 16.7. The Labute approximate surface area is 440 Å². The van der Waals surface area contributed by atoms with Crippen molar-refractivity contribution < 1.29 is 88.8 Å². The van der Waals surface area contributed by atoms with Crippen LogP contribution in [-0.2, 0) is 42.8 Å². The summed E-state index contributed by atoms with van der Waals surface area (Å²) >= 11 is 0. The second-order valence-corrected chi connectivity index (χ2v) is 21.5. The Hall–Kier alpha value is -2.03. The van der Waals surface area contributed by atoms with Crippen LogP contribution in [0.2, 0.25) is 0 Å². The molecule has 0 bridgehead atoms. The summed E-state index contributed by atoms with van der Waals surface area (Å²) in [5.74, 6) is -1.42. The Morgan fingerprint density at radius 1 is 0.459 bits per heavy atom. The van der Waals surface area contributed by atoms with Crippen LogP contribution in [0.5, 0.6) is 0 Å². The van der Waals surface area contributed by atoms with Crippen LogP contribution in [-0.4, -0.2) is 202 Å². The van der Waals surface area contributed by atoms with Crippen molar-refractivity contribution in [3.8, 4) is 0 Å². The smallest absolute Gasteiger partial charge is 0.220 e. The molecule has 3 heterocycles. The number of nitrogens with one attached hydrogen (secondary N) is 3. The van der Waals surface area contributed by atoms with Crippen molar-refractivity contribution in [3.05, 3.63) is 0 Å². The van der Waals surface area contributed by atoms with Crippen molar-refractivity contribution >= 4 is 17.6 Å². The molecule has 0 aliphatic carbocycles. The molecule has 0 radical (unpaired) electrons. The van der Waals surface area contributed by atoms with E-state index >= 15 is 0 Å². The normalized spacial score (nSPS) is 31.3. The second-order valence-electron chi connectivity index (χ2n) is 21.5. The van der Waals surface area contributed by atoms with Crippen LogP contribution in [0.3, 0.4) is 0 Å². The molecule has 0 saturated carbocycles. The van der Waals surface area contributed by atoms with Crippen LogP contribution < -0.4 is 16.0 Å². The molecule has 21 heteroatoms. The minimum atomic E-state index is -1.18. The van der Waals surface area contributed by atoms with E-state index < -0.39 is 117 Å². The quantitative estimate of drug-likeness (QED) is 0.0389. The summed E-state index contributed by atoms with van der Waals surface area (Å²) in [5, 5.41) is 99.2. The molecule has 3 aliphatic rings. The molecule has 0 aromatic heterocycles. The standard InChI is InChI=1S/C53H99N3O18/c1-34(2)56-53(23-20-38(60)19-13-7-6-10-16-28-69-50-35(3)44(63)47(66)39(31-57)72-50,24-21-42(61)54-26-14-8-11-17-29-70-51-36(4)45(64)48(67)40(32-58)73-51)25-22-43(62)55-27-15-9-12-18-30-71-52-37(5)46(65)49(68)41(33-59)74-52/h34-37,39-41,44-52,56-59,63-68H,6-33H2,1-5H3,(H,54,61)(H,55,62)/t35-,36-,37-,39?,40?,41?,44?,45?,46?,47-,48-,49-,50+,51+,52+,53?/m0/s1. The van der Waals surface area contributed by atoms with Crippen LogP contribution >= 0.6 is 0 Å². The van der Waals surface area contributed by atoms with Gasteiger partial charge in [-0.3, -0.25) is 14.4 Å². The van der Waals surface area contributed by atoms with Gasteiger partial charge in [0.15, 0.2) is 18.9 Å². The maximum atomic E-state index is 13.4. The van der Waals surface area contributed by atoms with E-state index in [-0.39, 0.29) is 36.5 Å². The van der Waals surface area contributed by atoms with Gasteiger partial charge in [-0.05, 0) is 57.8 Å². The van der Waals surface area contributed by atoms with E-state index in [1.165, 1.54) is 0 Å². The minimum absolute atomic E-state index is 0.0233. The maximum Gasteiger partial charge on any atom is 0.220 e. The van der Waals surface area contributed by atoms with Gasteiger partial charge in [0.25, 0.3) is 0 Å². The summed E-state index contributed by atoms with van der Waals surface area (Å²) < 4.78 is 34.4. The predicted octanol–water partition coefficient (Wildman–Crippen LogP) is 1.60. The number of aliphatic hydroxyl groups is 9. The Balaban J connectivity index is 1.42. The first-order chi connectivity index (χ1) is 35.4. The number of amides is 2. The van der Waals surface area contributed by atoms with E-state index in [1.54, 1.807) is 20.8 Å². The molecule has 3 aliphatic heterocycles. The van der Waals surface area contributed by atoms with Crippen molar-refractivity contribution in [2.24, 2.45) is 17.8 Å². The number of Topliss-reactive ketones (excluding diaryl/α,β-unsaturated/α-hetero) is 1. The summed E-state index contributed by atoms with van der Waals surface area (Å²) in [6.07, 6.45) is 1.51. The lowest BCUT2D eigenvalue weighted by molar-refractivity contribution is -0.282. The molecular formula is C53H99N3O18. The third kappa shape index (κ3) is 23.1. The predicted molar refractivity (Wildman–Crippen MR) is 273 cm³/mol. The van der Waals surface area contributed by atoms with Crippen molar-refractivity contribution in [2.75, 3.05) is 52.7 Å². The zero-order valence-corrected chi connectivity index (χ0v) is 45.2. The average molecular weight is 1070 g/mol. The molecule has 0 aromatic carbocycles. The molecule has 6 unspecified atom stereocenters. The lowest BCUT2D eigenvalue weighted by atomic mass is 9.81. The van der Waals surface area contributed by atoms with E-state index in [4.69, 9.17) is 28.4 Å². The van der Waals surface area contributed by atoms with Crippen LogP contribution in [0.15, 0.2) is 0 Å². The Kier molecular flexibility index (Phi) is 32.4. The fraction of sp³-hybridized carbons (Fsp3) is 0.943. The Morgan fingerprint density at radius 2 is 0.784 bits per heavy atom. The Bertz CT molecular complexity index is 1370. The van der Waals surface area contributed by atoms with Crippen molar-refractivity contribution in [3.63, 3.8) is 0 Å². The lowest BCUT2D eigenvalue weighted by Crippen LogP contribution is -2.55. The van der Waals surface area contributed by atoms with Gasteiger partial charge in [0, 0.05) is 87.9 Å². The van der Waals surface area contributed by atoms with Crippen LogP contribution in [0.1, 0.15) is 163 Å². The summed E-state index contributed by atoms with van der Waals surface area (Å²) in [6.45, 7) is 10.1. The topological polar surface area (TPSA) is 325 Å². The third-order valence-corrected chi connectivity index (χ3v) is 14.9. The number of ether oxygens (including phenoxy) is 6. The number of unbranched alkanes of at least 4 members (excludes halogenated alkanes) is 10. The highest BCUT2D eigenvalue weighted by Crippen LogP contribution is 2.31. The average Bonchev–Trinajstić information content (AvgIpc) is 3.38. The lowest BCUT2D eigenvalue weighted by Gasteiger charge is -2.40. The summed E-state index contributed by atoms with van der Waals surface area (Å²) in [7, 11) is 0. The zero-order valence-electron chi connectivity index (χ0n) is 45.2. The number of rotatable bonds is 39. The molecule has 12 N–H and O–H groups in total. The number of ketones is 1. The van der Waals surface area contributed by atoms with Crippen molar-refractivity contribution in [1.82, 2.24) is 16.0 Å². The number of hydrogen-bond donors (Lipinski definition) is 12. The highest BCUT2D eigenvalue weighted by Gasteiger charge is 2.44. The minimum Gasteiger partial charge on any atom is -0.394 e. The molecule has 21 nitrogen and oxygen atoms in total. The van der Waals surface area contributed by atoms with Gasteiger partial charge in [0.1, 0.15) is 42.4 Å². The zero-order chi connectivity index (χ0) is 54.6. The number of hydrogen-bond acceptors (Lipinski definition) is 19. The van der Waals surface area contributed by atoms with Gasteiger partial charge in [-0.1, -0.05) is 79.6 Å². The first-order valence-corrected chi connectivity index (χ1v) is 27.9. The van der Waals surface area contributed by atoms with E-state index in [9.17, 15) is 60.3 Å². The van der Waals surface area contributed by atoms with E-state index in [0.29, 0.717) is 65.0 Å².